The zero-order valence-corrected chi connectivity index (χ0v) is 12.2. The highest BCUT2D eigenvalue weighted by atomic mass is 79.9. The number of nitrogens with one attached hydrogen (secondary N) is 1. The van der Waals surface area contributed by atoms with Crippen molar-refractivity contribution in [3.63, 3.8) is 0 Å². The Bertz CT molecular complexity index is 624. The zero-order chi connectivity index (χ0) is 14.0. The summed E-state index contributed by atoms with van der Waals surface area (Å²) in [7, 11) is 1.72. The van der Waals surface area contributed by atoms with Crippen molar-refractivity contribution < 1.29 is 9.18 Å². The van der Waals surface area contributed by atoms with Crippen molar-refractivity contribution in [3.8, 4) is 0 Å². The van der Waals surface area contributed by atoms with E-state index in [2.05, 4.69) is 26.3 Å². The minimum absolute atomic E-state index is 0.276. The number of anilines is 1. The maximum absolute atomic E-state index is 13.0. The van der Waals surface area contributed by atoms with Gasteiger partial charge in [0.15, 0.2) is 0 Å². The normalized spacial score (nSPS) is 10.5. The van der Waals surface area contributed by atoms with Gasteiger partial charge in [0.25, 0.3) is 5.91 Å². The molecule has 2 aromatic rings. The second kappa shape index (κ2) is 5.52. The van der Waals surface area contributed by atoms with Crippen molar-refractivity contribution in [2.45, 2.75) is 13.3 Å². The zero-order valence-electron chi connectivity index (χ0n) is 10.6. The largest absolute Gasteiger partial charge is 0.320 e. The first-order valence-corrected chi connectivity index (χ1v) is 6.60. The Hall–Kier alpha value is -1.69. The Morgan fingerprint density at radius 1 is 1.47 bits per heavy atom. The number of aryl methyl sites for hydroxylation is 2. The topological polar surface area (TPSA) is 46.9 Å². The van der Waals surface area contributed by atoms with E-state index in [1.807, 2.05) is 6.92 Å². The molecule has 1 aromatic heterocycles. The van der Waals surface area contributed by atoms with E-state index in [-0.39, 0.29) is 11.7 Å². The van der Waals surface area contributed by atoms with Crippen LogP contribution < -0.4 is 5.32 Å². The lowest BCUT2D eigenvalue weighted by Gasteiger charge is -2.07. The van der Waals surface area contributed by atoms with Crippen LogP contribution in [0.25, 0.3) is 0 Å². The van der Waals surface area contributed by atoms with Crippen LogP contribution in [0.15, 0.2) is 28.7 Å². The van der Waals surface area contributed by atoms with Gasteiger partial charge in [0.1, 0.15) is 11.5 Å². The van der Waals surface area contributed by atoms with E-state index in [1.165, 1.54) is 22.9 Å². The monoisotopic (exact) mass is 325 g/mol. The summed E-state index contributed by atoms with van der Waals surface area (Å²) in [6, 6.07) is 5.85. The quantitative estimate of drug-likeness (QED) is 0.942. The molecule has 0 saturated heterocycles. The summed E-state index contributed by atoms with van der Waals surface area (Å²) in [6.45, 7) is 1.97. The summed E-state index contributed by atoms with van der Waals surface area (Å²) in [5.74, 6) is -0.638. The van der Waals surface area contributed by atoms with Gasteiger partial charge in [0, 0.05) is 11.5 Å². The Morgan fingerprint density at radius 2 is 2.21 bits per heavy atom. The van der Waals surface area contributed by atoms with Crippen LogP contribution in [0, 0.1) is 5.82 Å². The van der Waals surface area contributed by atoms with Crippen LogP contribution in [0.1, 0.15) is 23.1 Å². The van der Waals surface area contributed by atoms with E-state index in [0.29, 0.717) is 15.9 Å². The molecule has 1 N–H and O–H groups in total. The SMILES string of the molecule is CCc1cc(C(=O)Nc2ccc(F)cc2Br)n(C)n1. The lowest BCUT2D eigenvalue weighted by atomic mass is 10.2. The van der Waals surface area contributed by atoms with Crippen LogP contribution in [-0.2, 0) is 13.5 Å². The number of amides is 1. The van der Waals surface area contributed by atoms with Crippen molar-refractivity contribution in [2.75, 3.05) is 5.32 Å². The lowest BCUT2D eigenvalue weighted by Crippen LogP contribution is -2.16. The summed E-state index contributed by atoms with van der Waals surface area (Å²) in [6.07, 6.45) is 0.765. The van der Waals surface area contributed by atoms with Gasteiger partial charge in [-0.15, -0.1) is 0 Å². The highest BCUT2D eigenvalue weighted by molar-refractivity contribution is 9.10. The molecule has 0 unspecified atom stereocenters. The molecule has 1 aromatic carbocycles. The molecule has 0 aliphatic carbocycles. The van der Waals surface area contributed by atoms with E-state index in [1.54, 1.807) is 13.1 Å². The molecule has 0 aliphatic rings. The van der Waals surface area contributed by atoms with Gasteiger partial charge in [-0.1, -0.05) is 6.92 Å². The predicted molar refractivity (Wildman–Crippen MR) is 74.6 cm³/mol. The number of hydrogen-bond donors (Lipinski definition) is 1. The number of hydrogen-bond acceptors (Lipinski definition) is 2. The highest BCUT2D eigenvalue weighted by Crippen LogP contribution is 2.23. The van der Waals surface area contributed by atoms with Crippen LogP contribution >= 0.6 is 15.9 Å². The summed E-state index contributed by atoms with van der Waals surface area (Å²) in [4.78, 5) is 12.1. The van der Waals surface area contributed by atoms with Gasteiger partial charge in [-0.2, -0.15) is 5.10 Å². The fourth-order valence-electron chi connectivity index (χ4n) is 1.69. The number of halogens is 2. The van der Waals surface area contributed by atoms with Gasteiger partial charge in [-0.05, 0) is 46.6 Å². The summed E-state index contributed by atoms with van der Waals surface area (Å²) >= 11 is 3.21. The standard InChI is InChI=1S/C13H13BrFN3O/c1-3-9-7-12(18(2)17-9)13(19)16-11-5-4-8(15)6-10(11)14/h4-7H,3H2,1-2H3,(H,16,19). The summed E-state index contributed by atoms with van der Waals surface area (Å²) < 4.78 is 15.0. The molecule has 0 spiro atoms. The summed E-state index contributed by atoms with van der Waals surface area (Å²) in [5.41, 5.74) is 1.84. The Kier molecular flexibility index (Phi) is 3.99. The minimum atomic E-state index is -0.362. The number of carbonyl (C=O) groups excluding carboxylic acids is 1. The molecule has 4 nitrogen and oxygen atoms in total. The van der Waals surface area contributed by atoms with Crippen LogP contribution in [0.5, 0.6) is 0 Å². The van der Waals surface area contributed by atoms with Gasteiger partial charge in [-0.3, -0.25) is 9.48 Å². The molecule has 0 fully saturated rings. The molecule has 2 rings (SSSR count). The van der Waals surface area contributed by atoms with Gasteiger partial charge < -0.3 is 5.32 Å². The van der Waals surface area contributed by atoms with Crippen molar-refractivity contribution in [3.05, 3.63) is 45.9 Å². The van der Waals surface area contributed by atoms with Crippen molar-refractivity contribution in [1.29, 1.82) is 0 Å². The fourth-order valence-corrected chi connectivity index (χ4v) is 2.14. The molecule has 6 heteroatoms. The van der Waals surface area contributed by atoms with Gasteiger partial charge in [-0.25, -0.2) is 4.39 Å². The molecule has 0 radical (unpaired) electrons. The van der Waals surface area contributed by atoms with E-state index in [0.717, 1.165) is 12.1 Å². The van der Waals surface area contributed by atoms with Crippen LogP contribution in [0.2, 0.25) is 0 Å². The molecule has 0 saturated carbocycles. The lowest BCUT2D eigenvalue weighted by molar-refractivity contribution is 0.101. The van der Waals surface area contributed by atoms with Crippen molar-refractivity contribution >= 4 is 27.5 Å². The van der Waals surface area contributed by atoms with Crippen LogP contribution in [0.4, 0.5) is 10.1 Å². The highest BCUT2D eigenvalue weighted by Gasteiger charge is 2.14. The van der Waals surface area contributed by atoms with E-state index in [4.69, 9.17) is 0 Å². The molecule has 100 valence electrons. The predicted octanol–water partition coefficient (Wildman–Crippen LogP) is 3.14. The van der Waals surface area contributed by atoms with Crippen LogP contribution in [-0.4, -0.2) is 15.7 Å². The molecule has 0 aliphatic heterocycles. The van der Waals surface area contributed by atoms with E-state index >= 15 is 0 Å². The average molecular weight is 326 g/mol. The maximum atomic E-state index is 13.0. The molecule has 19 heavy (non-hydrogen) atoms. The van der Waals surface area contributed by atoms with Crippen molar-refractivity contribution in [2.24, 2.45) is 7.05 Å². The molecular formula is C13H13BrFN3O. The molecule has 0 bridgehead atoms. The Morgan fingerprint density at radius 3 is 2.79 bits per heavy atom. The Balaban J connectivity index is 2.23. The fraction of sp³-hybridized carbons (Fsp3) is 0.231. The third-order valence-corrected chi connectivity index (χ3v) is 3.36. The smallest absolute Gasteiger partial charge is 0.273 e. The van der Waals surface area contributed by atoms with E-state index < -0.39 is 0 Å². The third-order valence-electron chi connectivity index (χ3n) is 2.70. The maximum Gasteiger partial charge on any atom is 0.273 e. The van der Waals surface area contributed by atoms with Crippen LogP contribution in [0.3, 0.4) is 0 Å². The molecule has 0 atom stereocenters. The molecule has 1 amide bonds. The van der Waals surface area contributed by atoms with Gasteiger partial charge in [0.2, 0.25) is 0 Å². The number of aromatic nitrogens is 2. The number of carbonyl (C=O) groups is 1. The number of nitrogens with zero attached hydrogens (tertiary/aromatic N) is 2. The molecular weight excluding hydrogens is 313 g/mol. The first kappa shape index (κ1) is 13.7. The second-order valence-corrected chi connectivity index (χ2v) is 4.93. The van der Waals surface area contributed by atoms with E-state index in [9.17, 15) is 9.18 Å². The number of benzene rings is 1. The molecule has 1 heterocycles. The first-order chi connectivity index (χ1) is 9.01. The first-order valence-electron chi connectivity index (χ1n) is 5.80. The average Bonchev–Trinajstić information content (AvgIpc) is 2.74. The number of rotatable bonds is 3. The van der Waals surface area contributed by atoms with Gasteiger partial charge >= 0.3 is 0 Å². The van der Waals surface area contributed by atoms with Crippen molar-refractivity contribution in [1.82, 2.24) is 9.78 Å². The Labute approximate surface area is 118 Å². The minimum Gasteiger partial charge on any atom is -0.320 e. The second-order valence-electron chi connectivity index (χ2n) is 4.08. The summed E-state index contributed by atoms with van der Waals surface area (Å²) in [5, 5.41) is 6.93. The van der Waals surface area contributed by atoms with Gasteiger partial charge in [0.05, 0.1) is 11.4 Å². The third kappa shape index (κ3) is 3.01.